The van der Waals surface area contributed by atoms with Gasteiger partial charge >= 0.3 is 0 Å². The quantitative estimate of drug-likeness (QED) is 0.651. The molecule has 0 bridgehead atoms. The van der Waals surface area contributed by atoms with Crippen LogP contribution < -0.4 is 0 Å². The Morgan fingerprint density at radius 2 is 1.79 bits per heavy atom. The molecular formula is C16H10FNO. The summed E-state index contributed by atoms with van der Waals surface area (Å²) in [7, 11) is 0. The molecule has 1 aromatic heterocycles. The molecule has 0 saturated carbocycles. The van der Waals surface area contributed by atoms with Gasteiger partial charge in [-0.1, -0.05) is 42.5 Å². The molecule has 2 aromatic carbocycles. The molecule has 0 N–H and O–H groups in total. The van der Waals surface area contributed by atoms with Crippen LogP contribution in [0.2, 0.25) is 0 Å². The Hall–Kier alpha value is -2.55. The van der Waals surface area contributed by atoms with Gasteiger partial charge in [0.1, 0.15) is 5.82 Å². The number of pyridine rings is 1. The summed E-state index contributed by atoms with van der Waals surface area (Å²) in [5.41, 5.74) is 0.821. The highest BCUT2D eigenvalue weighted by molar-refractivity contribution is 6.16. The first-order valence-electron chi connectivity index (χ1n) is 5.89. The molecule has 19 heavy (non-hydrogen) atoms. The third kappa shape index (κ3) is 2.10. The van der Waals surface area contributed by atoms with E-state index in [0.717, 1.165) is 17.0 Å². The van der Waals surface area contributed by atoms with E-state index in [-0.39, 0.29) is 11.3 Å². The number of benzene rings is 2. The molecule has 3 heteroatoms. The zero-order chi connectivity index (χ0) is 13.2. The zero-order valence-electron chi connectivity index (χ0n) is 10.0. The first-order chi connectivity index (χ1) is 9.25. The minimum atomic E-state index is -0.508. The number of aromatic nitrogens is 1. The van der Waals surface area contributed by atoms with Gasteiger partial charge in [-0.15, -0.1) is 0 Å². The molecule has 2 nitrogen and oxygen atoms in total. The molecule has 0 unspecified atom stereocenters. The molecule has 92 valence electrons. The topological polar surface area (TPSA) is 30.0 Å². The molecule has 1 heterocycles. The fraction of sp³-hybridized carbons (Fsp3) is 0. The van der Waals surface area contributed by atoms with Crippen LogP contribution in [0.1, 0.15) is 15.9 Å². The average molecular weight is 251 g/mol. The van der Waals surface area contributed by atoms with E-state index in [4.69, 9.17) is 0 Å². The number of hydrogen-bond acceptors (Lipinski definition) is 2. The lowest BCUT2D eigenvalue weighted by Crippen LogP contribution is -2.03. The molecule has 0 fully saturated rings. The van der Waals surface area contributed by atoms with Gasteiger partial charge in [0.25, 0.3) is 0 Å². The maximum atomic E-state index is 13.1. The normalized spacial score (nSPS) is 10.6. The minimum Gasteiger partial charge on any atom is -0.289 e. The van der Waals surface area contributed by atoms with Crippen molar-refractivity contribution in [3.8, 4) is 0 Å². The highest BCUT2D eigenvalue weighted by atomic mass is 19.1. The lowest BCUT2D eigenvalue weighted by molar-refractivity contribution is 0.103. The van der Waals surface area contributed by atoms with E-state index >= 15 is 0 Å². The Morgan fingerprint density at radius 3 is 2.63 bits per heavy atom. The molecule has 0 amide bonds. The zero-order valence-corrected chi connectivity index (χ0v) is 10.0. The van der Waals surface area contributed by atoms with Crippen molar-refractivity contribution >= 4 is 16.6 Å². The van der Waals surface area contributed by atoms with E-state index in [9.17, 15) is 9.18 Å². The monoisotopic (exact) mass is 251 g/mol. The second kappa shape index (κ2) is 4.61. The van der Waals surface area contributed by atoms with Crippen LogP contribution in [-0.2, 0) is 0 Å². The van der Waals surface area contributed by atoms with Crippen LogP contribution in [0, 0.1) is 5.82 Å². The number of ketones is 1. The van der Waals surface area contributed by atoms with Crippen molar-refractivity contribution in [1.82, 2.24) is 4.98 Å². The molecule has 0 aliphatic carbocycles. The summed E-state index contributed by atoms with van der Waals surface area (Å²) in [4.78, 5) is 16.1. The number of hydrogen-bond donors (Lipinski definition) is 0. The first-order valence-corrected chi connectivity index (χ1v) is 5.89. The summed E-state index contributed by atoms with van der Waals surface area (Å²) in [6.07, 6.45) is 2.47. The molecule has 0 spiro atoms. The van der Waals surface area contributed by atoms with Crippen molar-refractivity contribution < 1.29 is 9.18 Å². The standard InChI is InChI=1S/C16H10FNO/c17-13-8-12(9-18-10-13)16(19)15-7-3-5-11-4-1-2-6-14(11)15/h1-10H. The number of rotatable bonds is 2. The Bertz CT molecular complexity index is 762. The molecule has 0 saturated heterocycles. The molecule has 0 aliphatic rings. The van der Waals surface area contributed by atoms with Crippen LogP contribution >= 0.6 is 0 Å². The van der Waals surface area contributed by atoms with E-state index in [1.165, 1.54) is 12.3 Å². The van der Waals surface area contributed by atoms with Crippen molar-refractivity contribution in [3.63, 3.8) is 0 Å². The fourth-order valence-electron chi connectivity index (χ4n) is 2.11. The van der Waals surface area contributed by atoms with E-state index in [2.05, 4.69) is 4.98 Å². The lowest BCUT2D eigenvalue weighted by Gasteiger charge is -2.05. The number of carbonyl (C=O) groups excluding carboxylic acids is 1. The van der Waals surface area contributed by atoms with E-state index in [0.29, 0.717) is 5.56 Å². The van der Waals surface area contributed by atoms with Crippen LogP contribution in [0.25, 0.3) is 10.8 Å². The molecule has 3 aromatic rings. The number of fused-ring (bicyclic) bond motifs is 1. The summed E-state index contributed by atoms with van der Waals surface area (Å²) < 4.78 is 13.1. The van der Waals surface area contributed by atoms with Crippen LogP contribution in [0.4, 0.5) is 4.39 Å². The second-order valence-corrected chi connectivity index (χ2v) is 4.25. The lowest BCUT2D eigenvalue weighted by atomic mass is 9.98. The van der Waals surface area contributed by atoms with E-state index in [1.54, 1.807) is 6.07 Å². The molecule has 0 aliphatic heterocycles. The third-order valence-corrected chi connectivity index (χ3v) is 3.00. The van der Waals surface area contributed by atoms with Gasteiger partial charge in [-0.05, 0) is 16.8 Å². The van der Waals surface area contributed by atoms with Gasteiger partial charge < -0.3 is 0 Å². The SMILES string of the molecule is O=C(c1cncc(F)c1)c1cccc2ccccc12. The van der Waals surface area contributed by atoms with Gasteiger partial charge in [0.2, 0.25) is 0 Å². The van der Waals surface area contributed by atoms with Crippen LogP contribution in [0.5, 0.6) is 0 Å². The highest BCUT2D eigenvalue weighted by Gasteiger charge is 2.13. The minimum absolute atomic E-state index is 0.219. The molecular weight excluding hydrogens is 241 g/mol. The fourth-order valence-corrected chi connectivity index (χ4v) is 2.11. The van der Waals surface area contributed by atoms with Gasteiger partial charge in [0.05, 0.1) is 6.20 Å². The Morgan fingerprint density at radius 1 is 1.00 bits per heavy atom. The molecule has 0 radical (unpaired) electrons. The van der Waals surface area contributed by atoms with E-state index < -0.39 is 5.82 Å². The number of carbonyl (C=O) groups is 1. The first kappa shape index (κ1) is 11.5. The summed E-state index contributed by atoms with van der Waals surface area (Å²) in [6, 6.07) is 14.3. The summed E-state index contributed by atoms with van der Waals surface area (Å²) in [6.45, 7) is 0. The average Bonchev–Trinajstić information content (AvgIpc) is 2.46. The van der Waals surface area contributed by atoms with Crippen molar-refractivity contribution in [2.75, 3.05) is 0 Å². The van der Waals surface area contributed by atoms with Gasteiger partial charge in [-0.25, -0.2) is 4.39 Å². The maximum absolute atomic E-state index is 13.1. The number of nitrogens with zero attached hydrogens (tertiary/aromatic N) is 1. The van der Waals surface area contributed by atoms with Crippen molar-refractivity contribution in [3.05, 3.63) is 77.9 Å². The summed E-state index contributed by atoms with van der Waals surface area (Å²) >= 11 is 0. The van der Waals surface area contributed by atoms with Crippen molar-refractivity contribution in [2.24, 2.45) is 0 Å². The Labute approximate surface area is 109 Å². The summed E-state index contributed by atoms with van der Waals surface area (Å²) in [5.74, 6) is -0.727. The molecule has 0 atom stereocenters. The predicted molar refractivity (Wildman–Crippen MR) is 71.6 cm³/mol. The van der Waals surface area contributed by atoms with Crippen molar-refractivity contribution in [2.45, 2.75) is 0 Å². The van der Waals surface area contributed by atoms with E-state index in [1.807, 2.05) is 36.4 Å². The van der Waals surface area contributed by atoms with Gasteiger partial charge in [0.15, 0.2) is 5.78 Å². The largest absolute Gasteiger partial charge is 0.289 e. The predicted octanol–water partition coefficient (Wildman–Crippen LogP) is 3.60. The van der Waals surface area contributed by atoms with Gasteiger partial charge in [-0.3, -0.25) is 9.78 Å². The second-order valence-electron chi connectivity index (χ2n) is 4.25. The van der Waals surface area contributed by atoms with Crippen LogP contribution in [0.15, 0.2) is 60.9 Å². The molecule has 3 rings (SSSR count). The summed E-state index contributed by atoms with van der Waals surface area (Å²) in [5, 5.41) is 1.84. The maximum Gasteiger partial charge on any atom is 0.195 e. The third-order valence-electron chi connectivity index (χ3n) is 3.00. The van der Waals surface area contributed by atoms with Crippen LogP contribution in [0.3, 0.4) is 0 Å². The number of halogens is 1. The van der Waals surface area contributed by atoms with Crippen molar-refractivity contribution in [1.29, 1.82) is 0 Å². The Kier molecular flexibility index (Phi) is 2.80. The highest BCUT2D eigenvalue weighted by Crippen LogP contribution is 2.21. The van der Waals surface area contributed by atoms with Crippen LogP contribution in [-0.4, -0.2) is 10.8 Å². The van der Waals surface area contributed by atoms with Gasteiger partial charge in [-0.2, -0.15) is 0 Å². The smallest absolute Gasteiger partial charge is 0.195 e. The van der Waals surface area contributed by atoms with Gasteiger partial charge in [0, 0.05) is 17.3 Å². The Balaban J connectivity index is 2.17.